The minimum atomic E-state index is 0.187. The van der Waals surface area contributed by atoms with Crippen LogP contribution >= 0.6 is 0 Å². The fourth-order valence-corrected chi connectivity index (χ4v) is 1.96. The minimum absolute atomic E-state index is 0.187. The zero-order valence-corrected chi connectivity index (χ0v) is 11.6. The van der Waals surface area contributed by atoms with Gasteiger partial charge in [-0.2, -0.15) is 0 Å². The molecule has 0 aromatic rings. The molecule has 0 N–H and O–H groups in total. The number of carbonyl (C=O) groups excluding carboxylic acids is 1. The van der Waals surface area contributed by atoms with Crippen molar-refractivity contribution in [2.45, 2.75) is 45.6 Å². The molecular weight excluding hydrogens is 226 g/mol. The van der Waals surface area contributed by atoms with Gasteiger partial charge in [0.05, 0.1) is 0 Å². The van der Waals surface area contributed by atoms with Crippen molar-refractivity contribution in [3.05, 3.63) is 24.3 Å². The van der Waals surface area contributed by atoms with Crippen molar-refractivity contribution in [3.8, 4) is 0 Å². The zero-order chi connectivity index (χ0) is 13.5. The summed E-state index contributed by atoms with van der Waals surface area (Å²) in [6, 6.07) is 0. The van der Waals surface area contributed by atoms with Crippen LogP contribution in [0.4, 0.5) is 0 Å². The molecule has 0 unspecified atom stereocenters. The first kappa shape index (κ1) is 14.7. The molecule has 18 heavy (non-hydrogen) atoms. The van der Waals surface area contributed by atoms with Crippen LogP contribution in [0.5, 0.6) is 0 Å². The van der Waals surface area contributed by atoms with E-state index in [0.717, 1.165) is 24.3 Å². The highest BCUT2D eigenvalue weighted by Crippen LogP contribution is 2.29. The molecule has 1 rings (SSSR count). The minimum Gasteiger partial charge on any atom is -0.475 e. The van der Waals surface area contributed by atoms with E-state index in [1.807, 2.05) is 6.08 Å². The van der Waals surface area contributed by atoms with Gasteiger partial charge in [-0.25, -0.2) is 0 Å². The maximum absolute atomic E-state index is 11.0. The SMILES string of the molecule is C=C/C(=C\C(=NC)OC1CC(C)C1)CCC(C)=O. The number of rotatable bonds is 6. The molecule has 1 fully saturated rings. The Morgan fingerprint density at radius 2 is 2.11 bits per heavy atom. The van der Waals surface area contributed by atoms with Crippen LogP contribution in [0.3, 0.4) is 0 Å². The number of allylic oxidation sites excluding steroid dienone is 2. The molecular formula is C15H23NO2. The second-order valence-corrected chi connectivity index (χ2v) is 5.00. The van der Waals surface area contributed by atoms with E-state index in [9.17, 15) is 4.79 Å². The summed E-state index contributed by atoms with van der Waals surface area (Å²) in [5.74, 6) is 1.59. The monoisotopic (exact) mass is 249 g/mol. The first-order valence-corrected chi connectivity index (χ1v) is 6.51. The molecule has 0 heterocycles. The first-order valence-electron chi connectivity index (χ1n) is 6.51. The first-order chi connectivity index (χ1) is 8.55. The maximum atomic E-state index is 11.0. The fraction of sp³-hybridized carbons (Fsp3) is 0.600. The van der Waals surface area contributed by atoms with E-state index >= 15 is 0 Å². The van der Waals surface area contributed by atoms with E-state index in [4.69, 9.17) is 4.74 Å². The largest absolute Gasteiger partial charge is 0.475 e. The topological polar surface area (TPSA) is 38.7 Å². The second-order valence-electron chi connectivity index (χ2n) is 5.00. The lowest BCUT2D eigenvalue weighted by atomic mass is 9.84. The lowest BCUT2D eigenvalue weighted by Gasteiger charge is -2.32. The van der Waals surface area contributed by atoms with Crippen molar-refractivity contribution >= 4 is 11.7 Å². The van der Waals surface area contributed by atoms with Crippen molar-refractivity contribution in [2.75, 3.05) is 7.05 Å². The van der Waals surface area contributed by atoms with E-state index in [-0.39, 0.29) is 5.78 Å². The van der Waals surface area contributed by atoms with Gasteiger partial charge in [-0.3, -0.25) is 4.99 Å². The van der Waals surface area contributed by atoms with Gasteiger partial charge in [0, 0.05) is 19.5 Å². The van der Waals surface area contributed by atoms with Crippen LogP contribution in [0.1, 0.15) is 39.5 Å². The number of hydrogen-bond acceptors (Lipinski definition) is 3. The molecule has 100 valence electrons. The Morgan fingerprint density at radius 3 is 2.56 bits per heavy atom. The van der Waals surface area contributed by atoms with Crippen molar-refractivity contribution in [3.63, 3.8) is 0 Å². The normalized spacial score (nSPS) is 24.4. The molecule has 0 aromatic carbocycles. The summed E-state index contributed by atoms with van der Waals surface area (Å²) in [4.78, 5) is 15.1. The molecule has 0 aliphatic heterocycles. The van der Waals surface area contributed by atoms with Crippen molar-refractivity contribution < 1.29 is 9.53 Å². The van der Waals surface area contributed by atoms with Crippen LogP contribution in [0.15, 0.2) is 29.3 Å². The van der Waals surface area contributed by atoms with E-state index in [2.05, 4.69) is 18.5 Å². The van der Waals surface area contributed by atoms with Crippen molar-refractivity contribution in [1.29, 1.82) is 0 Å². The van der Waals surface area contributed by atoms with Gasteiger partial charge in [0.1, 0.15) is 11.9 Å². The van der Waals surface area contributed by atoms with Gasteiger partial charge in [0.2, 0.25) is 5.90 Å². The lowest BCUT2D eigenvalue weighted by Crippen LogP contribution is -2.31. The summed E-state index contributed by atoms with van der Waals surface area (Å²) >= 11 is 0. The second kappa shape index (κ2) is 7.14. The van der Waals surface area contributed by atoms with Gasteiger partial charge in [-0.05, 0) is 37.7 Å². The zero-order valence-electron chi connectivity index (χ0n) is 11.6. The molecule has 0 atom stereocenters. The third-order valence-electron chi connectivity index (χ3n) is 3.18. The molecule has 1 saturated carbocycles. The Balaban J connectivity index is 2.52. The average Bonchev–Trinajstić information content (AvgIpc) is 2.30. The highest BCUT2D eigenvalue weighted by atomic mass is 16.5. The molecule has 0 bridgehead atoms. The number of aliphatic imine (C=N–C) groups is 1. The van der Waals surface area contributed by atoms with Gasteiger partial charge in [0.25, 0.3) is 0 Å². The van der Waals surface area contributed by atoms with Gasteiger partial charge in [0.15, 0.2) is 0 Å². The molecule has 0 amide bonds. The van der Waals surface area contributed by atoms with Gasteiger partial charge >= 0.3 is 0 Å². The predicted molar refractivity (Wildman–Crippen MR) is 74.8 cm³/mol. The average molecular weight is 249 g/mol. The van der Waals surface area contributed by atoms with E-state index in [1.54, 1.807) is 20.0 Å². The number of hydrogen-bond donors (Lipinski definition) is 0. The summed E-state index contributed by atoms with van der Waals surface area (Å²) < 4.78 is 5.79. The van der Waals surface area contributed by atoms with Gasteiger partial charge < -0.3 is 9.53 Å². The Labute approximate surface area is 110 Å². The van der Waals surface area contributed by atoms with Crippen LogP contribution in [-0.2, 0) is 9.53 Å². The Morgan fingerprint density at radius 1 is 1.44 bits per heavy atom. The Hall–Kier alpha value is -1.38. The van der Waals surface area contributed by atoms with Crippen molar-refractivity contribution in [1.82, 2.24) is 0 Å². The predicted octanol–water partition coefficient (Wildman–Crippen LogP) is 3.31. The summed E-state index contributed by atoms with van der Waals surface area (Å²) in [6.45, 7) is 7.58. The van der Waals surface area contributed by atoms with Crippen LogP contribution < -0.4 is 0 Å². The number of nitrogens with zero attached hydrogens (tertiary/aromatic N) is 1. The molecule has 3 nitrogen and oxygen atoms in total. The number of carbonyl (C=O) groups is 1. The Bertz CT molecular complexity index is 363. The van der Waals surface area contributed by atoms with Crippen LogP contribution in [0.25, 0.3) is 0 Å². The van der Waals surface area contributed by atoms with Crippen LogP contribution in [0, 0.1) is 5.92 Å². The number of Topliss-reactive ketones (excluding diaryl/α,β-unsaturated/α-hetero) is 1. The number of ketones is 1. The molecule has 0 saturated heterocycles. The molecule has 1 aliphatic carbocycles. The van der Waals surface area contributed by atoms with E-state index in [0.29, 0.717) is 24.8 Å². The molecule has 3 heteroatoms. The lowest BCUT2D eigenvalue weighted by molar-refractivity contribution is -0.116. The summed E-state index contributed by atoms with van der Waals surface area (Å²) in [6.07, 6.45) is 7.39. The summed E-state index contributed by atoms with van der Waals surface area (Å²) in [5.41, 5.74) is 0.998. The smallest absolute Gasteiger partial charge is 0.208 e. The molecule has 0 radical (unpaired) electrons. The third kappa shape index (κ3) is 4.86. The van der Waals surface area contributed by atoms with Gasteiger partial charge in [-0.1, -0.05) is 19.6 Å². The van der Waals surface area contributed by atoms with E-state index < -0.39 is 0 Å². The van der Waals surface area contributed by atoms with Crippen molar-refractivity contribution in [2.24, 2.45) is 10.9 Å². The van der Waals surface area contributed by atoms with E-state index in [1.165, 1.54) is 0 Å². The summed E-state index contributed by atoms with van der Waals surface area (Å²) in [7, 11) is 1.72. The van der Waals surface area contributed by atoms with Crippen LogP contribution in [0.2, 0.25) is 0 Å². The fourth-order valence-electron chi connectivity index (χ4n) is 1.96. The quantitative estimate of drug-likeness (QED) is 0.411. The number of ether oxygens (including phenoxy) is 1. The third-order valence-corrected chi connectivity index (χ3v) is 3.18. The maximum Gasteiger partial charge on any atom is 0.208 e. The summed E-state index contributed by atoms with van der Waals surface area (Å²) in [5, 5.41) is 0. The standard InChI is InChI=1S/C15H23NO2/c1-5-13(7-6-12(3)17)10-15(16-4)18-14-8-11(2)9-14/h5,10-11,14H,1,6-9H2,2-4H3/b13-10+,16-15?. The van der Waals surface area contributed by atoms with Gasteiger partial charge in [-0.15, -0.1) is 0 Å². The molecule has 0 spiro atoms. The highest BCUT2D eigenvalue weighted by molar-refractivity contribution is 5.89. The highest BCUT2D eigenvalue weighted by Gasteiger charge is 2.27. The Kier molecular flexibility index (Phi) is 5.83. The molecule has 0 aromatic heterocycles. The molecule has 1 aliphatic rings. The van der Waals surface area contributed by atoms with Crippen LogP contribution in [-0.4, -0.2) is 24.8 Å².